The molecule has 5 N–H and O–H groups in total. The van der Waals surface area contributed by atoms with E-state index < -0.39 is 44.7 Å². The minimum Gasteiger partial charge on any atom is -0.387 e. The van der Waals surface area contributed by atoms with Crippen LogP contribution in [0.15, 0.2) is 17.1 Å². The molecule has 1 fully saturated rings. The summed E-state index contributed by atoms with van der Waals surface area (Å²) in [5.41, 5.74) is 4.71. The summed E-state index contributed by atoms with van der Waals surface area (Å²) in [6.45, 7) is 1.35. The van der Waals surface area contributed by atoms with Gasteiger partial charge >= 0.3 is 13.5 Å². The minimum absolute atomic E-state index is 0.0270. The molecule has 2 rings (SSSR count). The number of anilines is 1. The number of nitrogen functional groups attached to an aromatic ring is 1. The van der Waals surface area contributed by atoms with E-state index in [4.69, 9.17) is 25.0 Å². The molecule has 1 saturated heterocycles. The molecule has 12 heteroatoms. The number of nitrogens with two attached hydrogens (primary N) is 1. The van der Waals surface area contributed by atoms with Crippen LogP contribution in [0.3, 0.4) is 0 Å². The number of aromatic nitrogens is 2. The molecule has 1 aromatic rings. The SMILES string of the molecule is CCO[C@@H]1[C@@H](O)[C@@H](COP(=O)(O)O)O[C@H]1n1ccc(N)nc1=O. The molecule has 130 valence electrons. The number of nitrogens with zero attached hydrogens (tertiary/aromatic N) is 2. The molecule has 1 aromatic heterocycles. The monoisotopic (exact) mass is 351 g/mol. The van der Waals surface area contributed by atoms with Crippen molar-refractivity contribution in [1.82, 2.24) is 9.55 Å². The van der Waals surface area contributed by atoms with Gasteiger partial charge in [0.15, 0.2) is 6.23 Å². The molecule has 23 heavy (non-hydrogen) atoms. The third-order valence-corrected chi connectivity index (χ3v) is 3.69. The van der Waals surface area contributed by atoms with Crippen LogP contribution in [0.1, 0.15) is 13.2 Å². The molecule has 0 aromatic carbocycles. The van der Waals surface area contributed by atoms with E-state index in [1.54, 1.807) is 6.92 Å². The van der Waals surface area contributed by atoms with Crippen LogP contribution >= 0.6 is 7.82 Å². The molecule has 0 unspecified atom stereocenters. The van der Waals surface area contributed by atoms with Gasteiger partial charge < -0.3 is 30.1 Å². The zero-order valence-electron chi connectivity index (χ0n) is 12.2. The topological polar surface area (TPSA) is 166 Å². The van der Waals surface area contributed by atoms with Crippen LogP contribution in [0.2, 0.25) is 0 Å². The fraction of sp³-hybridized carbons (Fsp3) is 0.636. The zero-order valence-corrected chi connectivity index (χ0v) is 13.1. The molecule has 0 aliphatic carbocycles. The summed E-state index contributed by atoms with van der Waals surface area (Å²) in [4.78, 5) is 32.9. The largest absolute Gasteiger partial charge is 0.469 e. The molecule has 4 atom stereocenters. The van der Waals surface area contributed by atoms with Gasteiger partial charge in [0.2, 0.25) is 0 Å². The Morgan fingerprint density at radius 2 is 2.22 bits per heavy atom. The van der Waals surface area contributed by atoms with Crippen LogP contribution in [-0.4, -0.2) is 56.0 Å². The number of ether oxygens (including phenoxy) is 2. The van der Waals surface area contributed by atoms with Crippen LogP contribution in [0.5, 0.6) is 0 Å². The van der Waals surface area contributed by atoms with Gasteiger partial charge in [0.25, 0.3) is 0 Å². The van der Waals surface area contributed by atoms with Gasteiger partial charge in [-0.05, 0) is 13.0 Å². The Balaban J connectivity index is 2.23. The van der Waals surface area contributed by atoms with Crippen molar-refractivity contribution < 1.29 is 33.5 Å². The van der Waals surface area contributed by atoms with E-state index in [2.05, 4.69) is 9.51 Å². The van der Waals surface area contributed by atoms with Crippen LogP contribution in [-0.2, 0) is 18.6 Å². The van der Waals surface area contributed by atoms with Crippen molar-refractivity contribution in [3.63, 3.8) is 0 Å². The minimum atomic E-state index is -4.72. The fourth-order valence-corrected chi connectivity index (χ4v) is 2.58. The van der Waals surface area contributed by atoms with Crippen LogP contribution in [0, 0.1) is 0 Å². The Morgan fingerprint density at radius 1 is 1.52 bits per heavy atom. The van der Waals surface area contributed by atoms with Gasteiger partial charge in [-0.25, -0.2) is 9.36 Å². The lowest BCUT2D eigenvalue weighted by Gasteiger charge is -2.21. The van der Waals surface area contributed by atoms with Gasteiger partial charge in [0.05, 0.1) is 6.61 Å². The van der Waals surface area contributed by atoms with E-state index >= 15 is 0 Å². The zero-order chi connectivity index (χ0) is 17.2. The van der Waals surface area contributed by atoms with Crippen molar-refractivity contribution in [2.75, 3.05) is 18.9 Å². The van der Waals surface area contributed by atoms with E-state index in [9.17, 15) is 14.5 Å². The highest BCUT2D eigenvalue weighted by molar-refractivity contribution is 7.46. The summed E-state index contributed by atoms with van der Waals surface area (Å²) in [7, 11) is -4.72. The predicted octanol–water partition coefficient (Wildman–Crippen LogP) is -1.40. The van der Waals surface area contributed by atoms with Crippen molar-refractivity contribution in [1.29, 1.82) is 0 Å². The summed E-state index contributed by atoms with van der Waals surface area (Å²) in [5.74, 6) is 0.0270. The van der Waals surface area contributed by atoms with Gasteiger partial charge in [0, 0.05) is 12.8 Å². The Kier molecular flexibility index (Phi) is 5.53. The lowest BCUT2D eigenvalue weighted by Crippen LogP contribution is -2.38. The summed E-state index contributed by atoms with van der Waals surface area (Å²) in [6.07, 6.45) is -2.98. The summed E-state index contributed by atoms with van der Waals surface area (Å²) in [5, 5.41) is 10.2. The highest BCUT2D eigenvalue weighted by atomic mass is 31.2. The molecule has 0 saturated carbocycles. The Hall–Kier alpha value is -1.33. The first-order chi connectivity index (χ1) is 10.7. The summed E-state index contributed by atoms with van der Waals surface area (Å²) in [6, 6.07) is 1.37. The van der Waals surface area contributed by atoms with Crippen LogP contribution in [0.25, 0.3) is 0 Å². The van der Waals surface area contributed by atoms with E-state index in [0.29, 0.717) is 0 Å². The molecular weight excluding hydrogens is 333 g/mol. The molecule has 2 heterocycles. The van der Waals surface area contributed by atoms with E-state index in [0.717, 1.165) is 4.57 Å². The highest BCUT2D eigenvalue weighted by Crippen LogP contribution is 2.38. The van der Waals surface area contributed by atoms with Crippen molar-refractivity contribution in [3.05, 3.63) is 22.7 Å². The second-order valence-electron chi connectivity index (χ2n) is 4.80. The number of rotatable bonds is 6. The normalized spacial score (nSPS) is 28.2. The third-order valence-electron chi connectivity index (χ3n) is 3.20. The molecule has 0 radical (unpaired) electrons. The van der Waals surface area contributed by atoms with Gasteiger partial charge in [0.1, 0.15) is 24.1 Å². The van der Waals surface area contributed by atoms with Gasteiger partial charge in [-0.15, -0.1) is 0 Å². The van der Waals surface area contributed by atoms with Gasteiger partial charge in [-0.3, -0.25) is 9.09 Å². The number of phosphoric acid groups is 1. The molecule has 1 aliphatic rings. The number of aliphatic hydroxyl groups excluding tert-OH is 1. The highest BCUT2D eigenvalue weighted by Gasteiger charge is 2.46. The predicted molar refractivity (Wildman–Crippen MR) is 76.2 cm³/mol. The maximum absolute atomic E-state index is 11.9. The first-order valence-electron chi connectivity index (χ1n) is 6.73. The molecule has 0 amide bonds. The van der Waals surface area contributed by atoms with Gasteiger partial charge in [-0.2, -0.15) is 4.98 Å². The van der Waals surface area contributed by atoms with Crippen LogP contribution in [0.4, 0.5) is 5.82 Å². The second kappa shape index (κ2) is 7.05. The van der Waals surface area contributed by atoms with E-state index in [1.807, 2.05) is 0 Å². The maximum Gasteiger partial charge on any atom is 0.469 e. The average molecular weight is 351 g/mol. The Bertz CT molecular complexity index is 646. The lowest BCUT2D eigenvalue weighted by molar-refractivity contribution is -0.0712. The van der Waals surface area contributed by atoms with Crippen molar-refractivity contribution in [3.8, 4) is 0 Å². The van der Waals surface area contributed by atoms with E-state index in [-0.39, 0.29) is 12.4 Å². The molecule has 1 aliphatic heterocycles. The maximum atomic E-state index is 11.9. The van der Waals surface area contributed by atoms with Crippen molar-refractivity contribution >= 4 is 13.6 Å². The Morgan fingerprint density at radius 3 is 2.78 bits per heavy atom. The second-order valence-corrected chi connectivity index (χ2v) is 6.04. The number of hydrogen-bond acceptors (Lipinski definition) is 8. The molecular formula is C11H18N3O8P. The number of aliphatic hydroxyl groups is 1. The smallest absolute Gasteiger partial charge is 0.387 e. The number of phosphoric ester groups is 1. The lowest BCUT2D eigenvalue weighted by atomic mass is 10.1. The Labute approximate surface area is 130 Å². The fourth-order valence-electron chi connectivity index (χ4n) is 2.24. The summed E-state index contributed by atoms with van der Waals surface area (Å²) >= 11 is 0. The average Bonchev–Trinajstić information content (AvgIpc) is 2.74. The van der Waals surface area contributed by atoms with Gasteiger partial charge in [-0.1, -0.05) is 0 Å². The van der Waals surface area contributed by atoms with Crippen LogP contribution < -0.4 is 11.4 Å². The molecule has 0 spiro atoms. The first-order valence-corrected chi connectivity index (χ1v) is 8.26. The van der Waals surface area contributed by atoms with Crippen molar-refractivity contribution in [2.24, 2.45) is 0 Å². The standard InChI is InChI=1S/C11H18N3O8P/c1-2-20-9-8(15)6(5-21-23(17,18)19)22-10(9)14-4-3-7(12)13-11(14)16/h3-4,6,8-10,15H,2,5H2,1H3,(H2,12,13,16)(H2,17,18,19)/t6-,8+,9-,10-/m1/s1. The molecule has 11 nitrogen and oxygen atoms in total. The first kappa shape index (κ1) is 18.0. The molecule has 0 bridgehead atoms. The van der Waals surface area contributed by atoms with Crippen molar-refractivity contribution in [2.45, 2.75) is 31.5 Å². The summed E-state index contributed by atoms with van der Waals surface area (Å²) < 4.78 is 27.1. The quantitative estimate of drug-likeness (QED) is 0.447. The third kappa shape index (κ3) is 4.36. The van der Waals surface area contributed by atoms with E-state index in [1.165, 1.54) is 12.3 Å². The number of hydrogen-bond donors (Lipinski definition) is 4.